The number of carbonyl (C=O) groups excluding carboxylic acids is 1. The minimum Gasteiger partial charge on any atom is -0.494 e. The quantitative estimate of drug-likeness (QED) is 0.0260. The van der Waals surface area contributed by atoms with Crippen molar-refractivity contribution in [3.8, 4) is 17.2 Å². The van der Waals surface area contributed by atoms with E-state index in [1.54, 1.807) is 36.6 Å². The average molecular weight is 692 g/mol. The number of hydrogen-bond donors (Lipinski definition) is 1. The Morgan fingerprint density at radius 2 is 1.25 bits per heavy atom. The van der Waals surface area contributed by atoms with Crippen LogP contribution in [0.5, 0.6) is 11.5 Å². The van der Waals surface area contributed by atoms with Crippen LogP contribution in [-0.4, -0.2) is 28.6 Å². The number of nitrogens with zero attached hydrogens (tertiary/aromatic N) is 2. The summed E-state index contributed by atoms with van der Waals surface area (Å²) in [6, 6.07) is 23.9. The molecule has 7 nitrogen and oxygen atoms in total. The molecule has 0 aliphatic heterocycles. The van der Waals surface area contributed by atoms with Gasteiger partial charge in [-0.25, -0.2) is 9.48 Å². The Balaban J connectivity index is 1.06. The van der Waals surface area contributed by atoms with Gasteiger partial charge in [0.25, 0.3) is 5.56 Å². The fourth-order valence-corrected chi connectivity index (χ4v) is 6.04. The van der Waals surface area contributed by atoms with Crippen molar-refractivity contribution in [1.82, 2.24) is 9.78 Å². The molecule has 1 N–H and O–H groups in total. The summed E-state index contributed by atoms with van der Waals surface area (Å²) in [6.45, 7) is 4.84. The third kappa shape index (κ3) is 14.6. The second kappa shape index (κ2) is 22.9. The first-order chi connectivity index (χ1) is 25.0. The molecule has 0 spiro atoms. The van der Waals surface area contributed by atoms with Gasteiger partial charge in [-0.3, -0.25) is 14.9 Å². The number of aromatic amines is 1. The lowest BCUT2D eigenvalue weighted by molar-refractivity contribution is -0.128. The SMILES string of the molecule is CCCCCCCCCCCCCCCCCCOc1ccc(/C=C/C(=O)Oc2ccc(N=Cc3c(C)[nH]n(-c4ccccc4)c3=O)cc2)cc1. The summed E-state index contributed by atoms with van der Waals surface area (Å²) < 4.78 is 12.9. The van der Waals surface area contributed by atoms with E-state index in [9.17, 15) is 9.59 Å². The number of ether oxygens (including phenoxy) is 2. The highest BCUT2D eigenvalue weighted by atomic mass is 16.5. The highest BCUT2D eigenvalue weighted by Crippen LogP contribution is 2.20. The van der Waals surface area contributed by atoms with E-state index in [0.717, 1.165) is 35.7 Å². The molecule has 1 aromatic heterocycles. The molecule has 0 amide bonds. The lowest BCUT2D eigenvalue weighted by Gasteiger charge is -2.07. The number of aliphatic imine (C=N–C) groups is 1. The van der Waals surface area contributed by atoms with E-state index in [-0.39, 0.29) is 5.56 Å². The first-order valence-electron chi connectivity index (χ1n) is 19.2. The third-order valence-corrected chi connectivity index (χ3v) is 9.09. The second-order valence-electron chi connectivity index (χ2n) is 13.4. The van der Waals surface area contributed by atoms with Gasteiger partial charge in [0.05, 0.1) is 23.5 Å². The van der Waals surface area contributed by atoms with Crippen LogP contribution in [-0.2, 0) is 4.79 Å². The van der Waals surface area contributed by atoms with Crippen LogP contribution in [0.3, 0.4) is 0 Å². The van der Waals surface area contributed by atoms with E-state index in [4.69, 9.17) is 9.47 Å². The van der Waals surface area contributed by atoms with Gasteiger partial charge in [0.15, 0.2) is 0 Å². The molecule has 3 aromatic carbocycles. The van der Waals surface area contributed by atoms with Gasteiger partial charge in [-0.1, -0.05) is 134 Å². The van der Waals surface area contributed by atoms with Gasteiger partial charge in [0, 0.05) is 18.0 Å². The number of esters is 1. The lowest BCUT2D eigenvalue weighted by atomic mass is 10.0. The summed E-state index contributed by atoms with van der Waals surface area (Å²) in [5.74, 6) is 0.775. The van der Waals surface area contributed by atoms with Crippen molar-refractivity contribution in [3.05, 3.63) is 112 Å². The molecule has 0 saturated carbocycles. The predicted molar refractivity (Wildman–Crippen MR) is 211 cm³/mol. The summed E-state index contributed by atoms with van der Waals surface area (Å²) >= 11 is 0. The van der Waals surface area contributed by atoms with Gasteiger partial charge in [-0.05, 0) is 73.5 Å². The Morgan fingerprint density at radius 3 is 1.84 bits per heavy atom. The molecule has 0 aliphatic rings. The fourth-order valence-electron chi connectivity index (χ4n) is 6.04. The normalized spacial score (nSPS) is 11.5. The zero-order valence-electron chi connectivity index (χ0n) is 30.8. The Morgan fingerprint density at radius 1 is 0.706 bits per heavy atom. The van der Waals surface area contributed by atoms with Crippen molar-refractivity contribution in [1.29, 1.82) is 0 Å². The molecule has 51 heavy (non-hydrogen) atoms. The molecule has 1 heterocycles. The number of aryl methyl sites for hydroxylation is 1. The number of para-hydroxylation sites is 1. The summed E-state index contributed by atoms with van der Waals surface area (Å²) in [6.07, 6.45) is 26.4. The van der Waals surface area contributed by atoms with E-state index >= 15 is 0 Å². The van der Waals surface area contributed by atoms with Gasteiger partial charge in [0.2, 0.25) is 0 Å². The molecular formula is C44H57N3O4. The van der Waals surface area contributed by atoms with Gasteiger partial charge in [-0.2, -0.15) is 0 Å². The minimum absolute atomic E-state index is 0.174. The van der Waals surface area contributed by atoms with Crippen molar-refractivity contribution in [2.45, 2.75) is 117 Å². The van der Waals surface area contributed by atoms with Crippen LogP contribution in [0.4, 0.5) is 5.69 Å². The maximum atomic E-state index is 12.9. The number of unbranched alkanes of at least 4 members (excludes halogenated alkanes) is 15. The van der Waals surface area contributed by atoms with Crippen molar-refractivity contribution < 1.29 is 14.3 Å². The van der Waals surface area contributed by atoms with Crippen molar-refractivity contribution in [2.75, 3.05) is 6.61 Å². The summed E-state index contributed by atoms with van der Waals surface area (Å²) in [5.41, 5.74) is 3.30. The highest BCUT2D eigenvalue weighted by Gasteiger charge is 2.10. The summed E-state index contributed by atoms with van der Waals surface area (Å²) in [5, 5.41) is 3.09. The van der Waals surface area contributed by atoms with Gasteiger partial charge >= 0.3 is 5.97 Å². The van der Waals surface area contributed by atoms with Crippen molar-refractivity contribution in [3.63, 3.8) is 0 Å². The maximum absolute atomic E-state index is 12.9. The Kier molecular flexibility index (Phi) is 17.6. The molecule has 0 bridgehead atoms. The lowest BCUT2D eigenvalue weighted by Crippen LogP contribution is -2.17. The van der Waals surface area contributed by atoms with E-state index in [1.165, 1.54) is 107 Å². The second-order valence-corrected chi connectivity index (χ2v) is 13.4. The molecule has 7 heteroatoms. The number of hydrogen-bond acceptors (Lipinski definition) is 5. The van der Waals surface area contributed by atoms with E-state index in [1.807, 2.05) is 61.5 Å². The molecule has 4 aromatic rings. The van der Waals surface area contributed by atoms with Crippen LogP contribution in [0.2, 0.25) is 0 Å². The van der Waals surface area contributed by atoms with Gasteiger partial charge < -0.3 is 9.47 Å². The van der Waals surface area contributed by atoms with Crippen LogP contribution in [0.1, 0.15) is 126 Å². The average Bonchev–Trinajstić information content (AvgIpc) is 3.44. The number of H-pyrrole nitrogens is 1. The number of carbonyl (C=O) groups is 1. The number of benzene rings is 3. The molecule has 4 rings (SSSR count). The molecule has 0 atom stereocenters. The van der Waals surface area contributed by atoms with Crippen molar-refractivity contribution >= 4 is 23.9 Å². The smallest absolute Gasteiger partial charge is 0.336 e. The first kappa shape index (κ1) is 39.1. The van der Waals surface area contributed by atoms with Crippen LogP contribution >= 0.6 is 0 Å². The van der Waals surface area contributed by atoms with Gasteiger partial charge in [0.1, 0.15) is 11.5 Å². The fraction of sp³-hybridized carbons (Fsp3) is 0.432. The molecule has 272 valence electrons. The zero-order chi connectivity index (χ0) is 35.9. The molecular weight excluding hydrogens is 635 g/mol. The molecule has 0 saturated heterocycles. The molecule has 0 fully saturated rings. The summed E-state index contributed by atoms with van der Waals surface area (Å²) in [7, 11) is 0. The van der Waals surface area contributed by atoms with E-state index < -0.39 is 5.97 Å². The minimum atomic E-state index is -0.473. The Hall–Kier alpha value is -4.65. The van der Waals surface area contributed by atoms with Crippen molar-refractivity contribution in [2.24, 2.45) is 4.99 Å². The number of rotatable bonds is 24. The maximum Gasteiger partial charge on any atom is 0.336 e. The van der Waals surface area contributed by atoms with E-state index in [0.29, 0.717) is 17.0 Å². The standard InChI is InChI=1S/C44H57N3O4/c1-3-4-5-6-7-8-9-10-11-12-13-14-15-16-17-21-34-50-40-29-24-37(25-30-40)26-33-43(48)51-41-31-27-38(28-32-41)45-35-42-36(2)46-47(44(42)49)39-22-19-18-20-23-39/h18-20,22-33,35,46H,3-17,21,34H2,1-2H3/b33-26+,45-35?. The number of nitrogens with one attached hydrogen (secondary N) is 1. The molecule has 0 radical (unpaired) electrons. The summed E-state index contributed by atoms with van der Waals surface area (Å²) in [4.78, 5) is 29.8. The monoisotopic (exact) mass is 691 g/mol. The van der Waals surface area contributed by atoms with Crippen LogP contribution < -0.4 is 15.0 Å². The highest BCUT2D eigenvalue weighted by molar-refractivity contribution is 5.88. The topological polar surface area (TPSA) is 85.7 Å². The first-order valence-corrected chi connectivity index (χ1v) is 19.2. The molecule has 0 unspecified atom stereocenters. The van der Waals surface area contributed by atoms with E-state index in [2.05, 4.69) is 17.0 Å². The largest absolute Gasteiger partial charge is 0.494 e. The third-order valence-electron chi connectivity index (χ3n) is 9.09. The number of aromatic nitrogens is 2. The predicted octanol–water partition coefficient (Wildman–Crippen LogP) is 11.5. The van der Waals surface area contributed by atoms with Gasteiger partial charge in [-0.15, -0.1) is 0 Å². The zero-order valence-corrected chi connectivity index (χ0v) is 30.8. The van der Waals surface area contributed by atoms with Crippen LogP contribution in [0.15, 0.2) is 94.7 Å². The van der Waals surface area contributed by atoms with Crippen LogP contribution in [0.25, 0.3) is 11.8 Å². The Bertz CT molecular complexity index is 1670. The van der Waals surface area contributed by atoms with Crippen LogP contribution in [0, 0.1) is 6.92 Å². The molecule has 0 aliphatic carbocycles. The Labute approximate surface area is 304 Å².